The van der Waals surface area contributed by atoms with Crippen molar-refractivity contribution in [3.05, 3.63) is 35.9 Å². The molecule has 0 N–H and O–H groups in total. The molecule has 0 atom stereocenters. The number of fused-ring (bicyclic) bond motifs is 1. The molecule has 68 valence electrons. The third-order valence-electron chi connectivity index (χ3n) is 2.65. The molecule has 1 aromatic rings. The van der Waals surface area contributed by atoms with E-state index in [-0.39, 0.29) is 0 Å². The van der Waals surface area contributed by atoms with E-state index in [4.69, 9.17) is 0 Å². The van der Waals surface area contributed by atoms with Crippen LogP contribution in [0.3, 0.4) is 0 Å². The highest BCUT2D eigenvalue weighted by Crippen LogP contribution is 2.31. The van der Waals surface area contributed by atoms with Gasteiger partial charge in [-0.25, -0.2) is 0 Å². The van der Waals surface area contributed by atoms with E-state index in [1.807, 2.05) is 0 Å². The van der Waals surface area contributed by atoms with E-state index < -0.39 is 0 Å². The van der Waals surface area contributed by atoms with Crippen LogP contribution in [0.4, 0.5) is 5.69 Å². The Morgan fingerprint density at radius 1 is 1.31 bits per heavy atom. The van der Waals surface area contributed by atoms with Gasteiger partial charge in [0.05, 0.1) is 0 Å². The summed E-state index contributed by atoms with van der Waals surface area (Å²) >= 11 is 0. The van der Waals surface area contributed by atoms with Gasteiger partial charge in [0.25, 0.3) is 0 Å². The minimum absolute atomic E-state index is 1.04. The summed E-state index contributed by atoms with van der Waals surface area (Å²) in [6.45, 7) is 3.26. The molecule has 1 heterocycles. The molecule has 1 aliphatic rings. The summed E-state index contributed by atoms with van der Waals surface area (Å²) in [4.78, 5) is 2.29. The summed E-state index contributed by atoms with van der Waals surface area (Å²) in [6, 6.07) is 8.62. The molecular formula is C12H15N. The highest BCUT2D eigenvalue weighted by molar-refractivity contribution is 5.79. The van der Waals surface area contributed by atoms with E-state index in [9.17, 15) is 0 Å². The van der Waals surface area contributed by atoms with Crippen molar-refractivity contribution in [2.24, 2.45) is 0 Å². The van der Waals surface area contributed by atoms with Gasteiger partial charge in [0, 0.05) is 24.8 Å². The van der Waals surface area contributed by atoms with E-state index in [1.54, 1.807) is 0 Å². The summed E-state index contributed by atoms with van der Waals surface area (Å²) in [5.41, 5.74) is 4.24. The summed E-state index contributed by atoms with van der Waals surface area (Å²) < 4.78 is 0. The van der Waals surface area contributed by atoms with Gasteiger partial charge in [-0.05, 0) is 18.1 Å². The highest BCUT2D eigenvalue weighted by Gasteiger charge is 2.13. The lowest BCUT2D eigenvalue weighted by Crippen LogP contribution is -2.21. The van der Waals surface area contributed by atoms with Gasteiger partial charge in [0.2, 0.25) is 0 Å². The maximum atomic E-state index is 2.32. The zero-order chi connectivity index (χ0) is 9.26. The van der Waals surface area contributed by atoms with Crippen molar-refractivity contribution >= 4 is 11.3 Å². The van der Waals surface area contributed by atoms with Crippen LogP contribution >= 0.6 is 0 Å². The normalized spacial score (nSPS) is 15.2. The summed E-state index contributed by atoms with van der Waals surface area (Å²) in [5, 5.41) is 0. The van der Waals surface area contributed by atoms with Gasteiger partial charge in [0.15, 0.2) is 0 Å². The van der Waals surface area contributed by atoms with Gasteiger partial charge in [-0.1, -0.05) is 31.2 Å². The average Bonchev–Trinajstić information content (AvgIpc) is 2.19. The van der Waals surface area contributed by atoms with Crippen LogP contribution in [0.25, 0.3) is 5.57 Å². The fraction of sp³-hybridized carbons (Fsp3) is 0.333. The third kappa shape index (κ3) is 1.35. The maximum absolute atomic E-state index is 2.32. The number of benzene rings is 1. The zero-order valence-electron chi connectivity index (χ0n) is 8.25. The SMILES string of the molecule is CCC1=CCN(C)c2ccccc21. The first-order valence-electron chi connectivity index (χ1n) is 4.82. The Morgan fingerprint density at radius 3 is 2.85 bits per heavy atom. The standard InChI is InChI=1S/C12H15N/c1-3-10-8-9-13(2)12-7-5-4-6-11(10)12/h4-8H,3,9H2,1-2H3. The average molecular weight is 173 g/mol. The Hall–Kier alpha value is -1.24. The predicted octanol–water partition coefficient (Wildman–Crippen LogP) is 2.93. The molecule has 1 nitrogen and oxygen atoms in total. The van der Waals surface area contributed by atoms with Crippen LogP contribution in [-0.2, 0) is 0 Å². The quantitative estimate of drug-likeness (QED) is 0.631. The van der Waals surface area contributed by atoms with Crippen molar-refractivity contribution in [3.8, 4) is 0 Å². The number of para-hydroxylation sites is 1. The van der Waals surface area contributed by atoms with Gasteiger partial charge in [-0.3, -0.25) is 0 Å². The monoisotopic (exact) mass is 173 g/mol. The second-order valence-electron chi connectivity index (χ2n) is 3.48. The fourth-order valence-corrected chi connectivity index (χ4v) is 1.87. The molecule has 2 rings (SSSR count). The minimum Gasteiger partial charge on any atom is -0.370 e. The lowest BCUT2D eigenvalue weighted by molar-refractivity contribution is 1.000. The molecular weight excluding hydrogens is 158 g/mol. The molecule has 1 heteroatoms. The van der Waals surface area contributed by atoms with Gasteiger partial charge >= 0.3 is 0 Å². The Balaban J connectivity index is 2.52. The Kier molecular flexibility index (Phi) is 2.09. The Labute approximate surface area is 79.7 Å². The molecule has 13 heavy (non-hydrogen) atoms. The number of hydrogen-bond acceptors (Lipinski definition) is 1. The third-order valence-corrected chi connectivity index (χ3v) is 2.65. The zero-order valence-corrected chi connectivity index (χ0v) is 8.25. The molecule has 0 saturated heterocycles. The fourth-order valence-electron chi connectivity index (χ4n) is 1.87. The van der Waals surface area contributed by atoms with Crippen LogP contribution in [0.1, 0.15) is 18.9 Å². The molecule has 0 unspecified atom stereocenters. The molecule has 0 saturated carbocycles. The number of anilines is 1. The van der Waals surface area contributed by atoms with Gasteiger partial charge in [-0.2, -0.15) is 0 Å². The molecule has 1 aliphatic heterocycles. The van der Waals surface area contributed by atoms with Gasteiger partial charge in [-0.15, -0.1) is 0 Å². The van der Waals surface area contributed by atoms with E-state index in [0.717, 1.165) is 13.0 Å². The lowest BCUT2D eigenvalue weighted by Gasteiger charge is -2.26. The van der Waals surface area contributed by atoms with Crippen molar-refractivity contribution in [1.82, 2.24) is 0 Å². The van der Waals surface area contributed by atoms with Gasteiger partial charge < -0.3 is 4.90 Å². The molecule has 0 fully saturated rings. The first-order chi connectivity index (χ1) is 6.33. The van der Waals surface area contributed by atoms with Crippen LogP contribution in [0.2, 0.25) is 0 Å². The van der Waals surface area contributed by atoms with Crippen LogP contribution < -0.4 is 4.90 Å². The van der Waals surface area contributed by atoms with Crippen LogP contribution in [0.5, 0.6) is 0 Å². The first-order valence-corrected chi connectivity index (χ1v) is 4.82. The smallest absolute Gasteiger partial charge is 0.0442 e. The topological polar surface area (TPSA) is 3.24 Å². The number of nitrogens with zero attached hydrogens (tertiary/aromatic N) is 1. The van der Waals surface area contributed by atoms with E-state index in [2.05, 4.69) is 49.2 Å². The molecule has 0 bridgehead atoms. The first kappa shape index (κ1) is 8.36. The second-order valence-corrected chi connectivity index (χ2v) is 3.48. The lowest BCUT2D eigenvalue weighted by atomic mass is 9.98. The van der Waals surface area contributed by atoms with Crippen LogP contribution in [0.15, 0.2) is 30.3 Å². The van der Waals surface area contributed by atoms with E-state index >= 15 is 0 Å². The van der Waals surface area contributed by atoms with Crippen LogP contribution in [0, 0.1) is 0 Å². The summed E-state index contributed by atoms with van der Waals surface area (Å²) in [5.74, 6) is 0. The van der Waals surface area contributed by atoms with Crippen molar-refractivity contribution in [1.29, 1.82) is 0 Å². The molecule has 0 aromatic heterocycles. The highest BCUT2D eigenvalue weighted by atomic mass is 15.1. The Bertz CT molecular complexity index is 339. The van der Waals surface area contributed by atoms with Crippen molar-refractivity contribution in [2.45, 2.75) is 13.3 Å². The summed E-state index contributed by atoms with van der Waals surface area (Å²) in [7, 11) is 2.14. The van der Waals surface area contributed by atoms with E-state index in [1.165, 1.54) is 16.8 Å². The maximum Gasteiger partial charge on any atom is 0.0442 e. The number of allylic oxidation sites excluding steroid dienone is 1. The number of rotatable bonds is 1. The van der Waals surface area contributed by atoms with Crippen molar-refractivity contribution in [3.63, 3.8) is 0 Å². The molecule has 0 radical (unpaired) electrons. The molecule has 1 aromatic carbocycles. The molecule has 0 spiro atoms. The van der Waals surface area contributed by atoms with Crippen LogP contribution in [-0.4, -0.2) is 13.6 Å². The largest absolute Gasteiger partial charge is 0.370 e. The molecule has 0 amide bonds. The number of hydrogen-bond donors (Lipinski definition) is 0. The minimum atomic E-state index is 1.04. The van der Waals surface area contributed by atoms with Crippen molar-refractivity contribution < 1.29 is 0 Å². The Morgan fingerprint density at radius 2 is 2.08 bits per heavy atom. The second kappa shape index (κ2) is 3.25. The summed E-state index contributed by atoms with van der Waals surface area (Å²) in [6.07, 6.45) is 3.45. The van der Waals surface area contributed by atoms with Crippen molar-refractivity contribution in [2.75, 3.05) is 18.5 Å². The predicted molar refractivity (Wildman–Crippen MR) is 58.0 cm³/mol. The van der Waals surface area contributed by atoms with E-state index in [0.29, 0.717) is 0 Å². The van der Waals surface area contributed by atoms with Gasteiger partial charge in [0.1, 0.15) is 0 Å². The number of likely N-dealkylation sites (N-methyl/N-ethyl adjacent to an activating group) is 1. The molecule has 0 aliphatic carbocycles.